The van der Waals surface area contributed by atoms with Gasteiger partial charge in [-0.15, -0.1) is 0 Å². The number of nitrogens with one attached hydrogen (secondary N) is 3. The maximum atomic E-state index is 13.2. The normalized spacial score (nSPS) is 50.7. The molecule has 119 heavy (non-hydrogen) atoms. The van der Waals surface area contributed by atoms with Gasteiger partial charge in [-0.2, -0.15) is 0 Å². The van der Waals surface area contributed by atoms with Crippen LogP contribution in [0.2, 0.25) is 0 Å². The summed E-state index contributed by atoms with van der Waals surface area (Å²) in [6.45, 7) is -5.57. The van der Waals surface area contributed by atoms with Crippen LogP contribution in [0.25, 0.3) is 0 Å². The zero-order valence-corrected chi connectivity index (χ0v) is 63.7. The van der Waals surface area contributed by atoms with E-state index in [1.54, 1.807) is 0 Å². The maximum absolute atomic E-state index is 13.2. The van der Waals surface area contributed by atoms with E-state index in [1.165, 1.54) is 6.92 Å². The first-order valence-corrected chi connectivity index (χ1v) is 38.0. The molecule has 10 aliphatic heterocycles. The molecule has 53 heteroatoms. The van der Waals surface area contributed by atoms with E-state index in [1.807, 2.05) is 0 Å². The molecule has 3 amide bonds. The van der Waals surface area contributed by atoms with Crippen molar-refractivity contribution in [3.8, 4) is 0 Å². The van der Waals surface area contributed by atoms with Crippen LogP contribution in [-0.4, -0.2) is 527 Å². The summed E-state index contributed by atoms with van der Waals surface area (Å²) in [6, 6.07) is -5.81. The van der Waals surface area contributed by atoms with Crippen LogP contribution in [0.4, 0.5) is 0 Å². The zero-order chi connectivity index (χ0) is 87.5. The van der Waals surface area contributed by atoms with Crippen molar-refractivity contribution in [3.05, 3.63) is 0 Å². The number of carbonyl (C=O) groups excluding carboxylic acids is 3. The number of ether oxygens (including phenoxy) is 19. The fourth-order valence-electron chi connectivity index (χ4n) is 15.3. The SMILES string of the molecule is CC(=O)N[C@@H]1[C@H](O[C@@H]2[C@@H](O[C@@H]3[C@H](O)[C@H](O[C@H]4[C@H](O)[C@@H](NC(C)=O)[C@H](O[C@H]5[C@H](O)[C@@H](CO[C@@H]6O[C@@H](C)[C@@H](O)[C@@H](O)[C@@H]6O)O[C@@H](O)[C@@H]5NC(C)=O)O[C@@H]4CO)O[C@H](CO[C@H]4O[C@H](CO[C@H]5O[C@H](CO)[C@@H](O)[C@H](O)[C@@H]5O)[C@@H](O)[C@H](O)[C@@H]4O[C@H]4O[C@H](CO)[C@@H](O)[C@H](O)[C@@H]4O)[C@H]3O)O[C@H](CO)[C@@H](O)[C@@H]2O)O[C@H](CO)[C@@H](O[C@@H]2O[C@H](CO)[C@H](O)[C@H](O)[C@H]2O)[C@@H]1O. The number of aliphatic hydroxyl groups is 28. The molecule has 0 aliphatic carbocycles. The second-order valence-corrected chi connectivity index (χ2v) is 30.3. The smallest absolute Gasteiger partial charge is 0.217 e. The first kappa shape index (κ1) is 97.7. The van der Waals surface area contributed by atoms with Gasteiger partial charge < -0.3 is 249 Å². The van der Waals surface area contributed by atoms with E-state index >= 15 is 0 Å². The molecule has 0 unspecified atom stereocenters. The maximum Gasteiger partial charge on any atom is 0.217 e. The van der Waals surface area contributed by atoms with Crippen LogP contribution < -0.4 is 16.0 Å². The molecular formula is C66H111N3O50. The first-order valence-electron chi connectivity index (χ1n) is 38.0. The second kappa shape index (κ2) is 42.4. The van der Waals surface area contributed by atoms with Gasteiger partial charge in [0, 0.05) is 20.8 Å². The van der Waals surface area contributed by atoms with Crippen LogP contribution in [0.1, 0.15) is 27.7 Å². The van der Waals surface area contributed by atoms with Crippen LogP contribution in [-0.2, 0) is 104 Å². The number of amides is 3. The van der Waals surface area contributed by atoms with Crippen molar-refractivity contribution in [2.45, 2.75) is 335 Å². The molecular weight excluding hydrogens is 1630 g/mol. The van der Waals surface area contributed by atoms with Gasteiger partial charge in [0.2, 0.25) is 17.7 Å². The molecule has 31 N–H and O–H groups in total. The Balaban J connectivity index is 0.987. The van der Waals surface area contributed by atoms with E-state index in [4.69, 9.17) is 90.0 Å². The van der Waals surface area contributed by atoms with E-state index in [0.29, 0.717) is 0 Å². The Morgan fingerprint density at radius 1 is 0.235 bits per heavy atom. The molecule has 10 fully saturated rings. The lowest BCUT2D eigenvalue weighted by atomic mass is 9.93. The van der Waals surface area contributed by atoms with Gasteiger partial charge in [0.1, 0.15) is 238 Å². The van der Waals surface area contributed by atoms with Gasteiger partial charge >= 0.3 is 0 Å². The molecule has 50 atom stereocenters. The third kappa shape index (κ3) is 21.5. The average Bonchev–Trinajstić information content (AvgIpc) is 0.770. The minimum absolute atomic E-state index is 0.820. The van der Waals surface area contributed by atoms with Crippen LogP contribution in [0.5, 0.6) is 0 Å². The van der Waals surface area contributed by atoms with Crippen molar-refractivity contribution in [1.82, 2.24) is 16.0 Å². The summed E-state index contributed by atoms with van der Waals surface area (Å²) in [5.41, 5.74) is 0. The molecule has 10 aliphatic rings. The Bertz CT molecular complexity index is 3150. The van der Waals surface area contributed by atoms with E-state index < -0.39 is 384 Å². The predicted molar refractivity (Wildman–Crippen MR) is 363 cm³/mol. The number of rotatable bonds is 30. The summed E-state index contributed by atoms with van der Waals surface area (Å²) < 4.78 is 112. The predicted octanol–water partition coefficient (Wildman–Crippen LogP) is -21.3. The highest BCUT2D eigenvalue weighted by atomic mass is 16.8. The van der Waals surface area contributed by atoms with Gasteiger partial charge in [0.05, 0.1) is 65.6 Å². The molecule has 53 nitrogen and oxygen atoms in total. The highest BCUT2D eigenvalue weighted by Gasteiger charge is 2.61. The summed E-state index contributed by atoms with van der Waals surface area (Å²) in [4.78, 5) is 38.9. The Kier molecular flexibility index (Phi) is 34.8. The van der Waals surface area contributed by atoms with Crippen molar-refractivity contribution >= 4 is 17.7 Å². The third-order valence-electron chi connectivity index (χ3n) is 22.0. The fraction of sp³-hybridized carbons (Fsp3) is 0.955. The number of hydrogen-bond acceptors (Lipinski definition) is 50. The van der Waals surface area contributed by atoms with Gasteiger partial charge in [0.15, 0.2) is 62.9 Å². The Hall–Kier alpha value is -3.47. The van der Waals surface area contributed by atoms with Gasteiger partial charge in [-0.05, 0) is 6.92 Å². The molecule has 0 saturated carbocycles. The molecule has 10 rings (SSSR count). The van der Waals surface area contributed by atoms with Gasteiger partial charge in [-0.25, -0.2) is 0 Å². The van der Waals surface area contributed by atoms with Crippen molar-refractivity contribution < 1.29 is 247 Å². The van der Waals surface area contributed by atoms with Crippen LogP contribution in [0.3, 0.4) is 0 Å². The topological polar surface area (TPSA) is 829 Å². The van der Waals surface area contributed by atoms with Gasteiger partial charge in [-0.3, -0.25) is 14.4 Å². The lowest BCUT2D eigenvalue weighted by Crippen LogP contribution is -2.71. The quantitative estimate of drug-likeness (QED) is 0.0318. The third-order valence-corrected chi connectivity index (χ3v) is 22.0. The highest BCUT2D eigenvalue weighted by molar-refractivity contribution is 5.74. The van der Waals surface area contributed by atoms with E-state index in [0.717, 1.165) is 20.8 Å². The Morgan fingerprint density at radius 2 is 0.513 bits per heavy atom. The summed E-state index contributed by atoms with van der Waals surface area (Å²) in [5, 5.41) is 318. The van der Waals surface area contributed by atoms with Crippen LogP contribution in [0, 0.1) is 0 Å². The molecule has 690 valence electrons. The average molecular weight is 1750 g/mol. The summed E-state index contributed by atoms with van der Waals surface area (Å²) >= 11 is 0. The molecule has 0 aromatic rings. The molecule has 10 heterocycles. The fourth-order valence-corrected chi connectivity index (χ4v) is 15.3. The molecule has 0 aromatic heterocycles. The first-order chi connectivity index (χ1) is 56.2. The van der Waals surface area contributed by atoms with Crippen molar-refractivity contribution in [2.75, 3.05) is 59.5 Å². The Morgan fingerprint density at radius 3 is 0.950 bits per heavy atom. The van der Waals surface area contributed by atoms with Crippen LogP contribution >= 0.6 is 0 Å². The summed E-state index contributed by atoms with van der Waals surface area (Å²) in [6.07, 6.45) is -97.7. The standard InChI is InChI=1S/C66H111N3O50/c1-14-30(79)40(89)46(95)60(104-14)101-12-25-36(85)53(29(57(100)105-25)69-17(4)78)116-58-27(67-15(2)76)38(87)52(23(10-75)110-58)115-64-50(99)54(117-66-56(44(93)34(83)21(8-73)109-66)118-59-28(68-16(3)77)39(88)51(22(9-74)111-59)114-62-48(97)42(91)32(81)19(6-71)107-62)37(86)26(112-64)13-103-65-55(119-63-49(98)43(92)33(82)20(7-72)108-63)45(94)35(84)24(113-65)11-102-61-47(96)41(90)31(80)18(5-70)106-61/h14,18-66,70-75,79-100H,5-13H2,1-4H3,(H,67,76)(H,68,77)(H,69,78)/t14-,18+,19+,20+,21+,22+,23+,24+,25+,26+,27+,28-,29+,30+,31+,32-,33+,34+,35+,36+,37+,38+,39+,40+,41-,42-,43-,44-,45-,46-,47-,48+,49-,50-,51+,52+,53+,54-,55-,56-,57+,58-,59-,60+,61-,62-,63+,64-,65-,66+/m0/s1. The monoisotopic (exact) mass is 1750 g/mol. The summed E-state index contributed by atoms with van der Waals surface area (Å²) in [7, 11) is 0. The highest BCUT2D eigenvalue weighted by Crippen LogP contribution is 2.40. The lowest BCUT2D eigenvalue weighted by molar-refractivity contribution is -0.399. The lowest BCUT2D eigenvalue weighted by Gasteiger charge is -2.51. The van der Waals surface area contributed by atoms with Gasteiger partial charge in [-0.1, -0.05) is 0 Å². The number of hydrogen-bond donors (Lipinski definition) is 31. The van der Waals surface area contributed by atoms with Crippen molar-refractivity contribution in [1.29, 1.82) is 0 Å². The van der Waals surface area contributed by atoms with Crippen molar-refractivity contribution in [3.63, 3.8) is 0 Å². The van der Waals surface area contributed by atoms with E-state index in [-0.39, 0.29) is 0 Å². The molecule has 0 radical (unpaired) electrons. The number of aliphatic hydroxyl groups excluding tert-OH is 28. The van der Waals surface area contributed by atoms with Crippen LogP contribution in [0.15, 0.2) is 0 Å². The molecule has 0 bridgehead atoms. The second-order valence-electron chi connectivity index (χ2n) is 30.3. The molecule has 0 spiro atoms. The van der Waals surface area contributed by atoms with E-state index in [9.17, 15) is 157 Å². The van der Waals surface area contributed by atoms with Crippen molar-refractivity contribution in [2.24, 2.45) is 0 Å². The molecule has 10 saturated heterocycles. The molecule has 0 aromatic carbocycles. The number of carbonyl (C=O) groups is 3. The largest absolute Gasteiger partial charge is 0.394 e. The summed E-state index contributed by atoms with van der Waals surface area (Å²) in [5.74, 6) is -2.85. The minimum Gasteiger partial charge on any atom is -0.394 e. The minimum atomic E-state index is -2.64. The zero-order valence-electron chi connectivity index (χ0n) is 63.7. The van der Waals surface area contributed by atoms with E-state index in [2.05, 4.69) is 16.0 Å². The van der Waals surface area contributed by atoms with Gasteiger partial charge in [0.25, 0.3) is 0 Å². The Labute approximate surface area is 673 Å².